The number of carbonyl (C=O) groups is 1. The van der Waals surface area contributed by atoms with Crippen LogP contribution in [0.1, 0.15) is 69.7 Å². The van der Waals surface area contributed by atoms with Gasteiger partial charge in [0, 0.05) is 31.2 Å². The number of fused-ring (bicyclic) bond motifs is 1. The van der Waals surface area contributed by atoms with Crippen LogP contribution in [-0.2, 0) is 17.8 Å². The Hall–Kier alpha value is -2.41. The van der Waals surface area contributed by atoms with Gasteiger partial charge in [-0.1, -0.05) is 63.1 Å². The molecule has 0 spiro atoms. The highest BCUT2D eigenvalue weighted by Crippen LogP contribution is 2.40. The minimum Gasteiger partial charge on any atom is -0.485 e. The third-order valence-electron chi connectivity index (χ3n) is 7.84. The first kappa shape index (κ1) is 26.6. The van der Waals surface area contributed by atoms with Gasteiger partial charge in [-0.05, 0) is 56.0 Å². The van der Waals surface area contributed by atoms with Crippen LogP contribution in [0.4, 0.5) is 0 Å². The number of nitrogens with one attached hydrogen (secondary N) is 2. The number of ether oxygens (including phenoxy) is 1. The molecule has 2 aliphatic heterocycles. The van der Waals surface area contributed by atoms with Gasteiger partial charge in [0.05, 0.1) is 12.5 Å². The molecule has 1 fully saturated rings. The zero-order valence-corrected chi connectivity index (χ0v) is 22.3. The summed E-state index contributed by atoms with van der Waals surface area (Å²) in [5.41, 5.74) is 2.49. The van der Waals surface area contributed by atoms with E-state index >= 15 is 0 Å². The molecule has 196 valence electrons. The quantitative estimate of drug-likeness (QED) is 0.462. The molecule has 2 aromatic carbocycles. The summed E-state index contributed by atoms with van der Waals surface area (Å²) >= 11 is 0. The summed E-state index contributed by atoms with van der Waals surface area (Å²) in [6.45, 7) is 11.9. The Kier molecular flexibility index (Phi) is 8.70. The maximum atomic E-state index is 12.9. The van der Waals surface area contributed by atoms with Gasteiger partial charge < -0.3 is 20.5 Å². The number of hydrogen-bond donors (Lipinski definition) is 3. The van der Waals surface area contributed by atoms with Gasteiger partial charge in [0.2, 0.25) is 5.91 Å². The third kappa shape index (κ3) is 6.47. The van der Waals surface area contributed by atoms with Gasteiger partial charge in [0.1, 0.15) is 17.5 Å². The fourth-order valence-corrected chi connectivity index (χ4v) is 5.45. The molecule has 0 aromatic heterocycles. The van der Waals surface area contributed by atoms with E-state index in [2.05, 4.69) is 53.6 Å². The number of carbonyl (C=O) groups excluding carboxylic acids is 1. The van der Waals surface area contributed by atoms with Crippen molar-refractivity contribution in [1.82, 2.24) is 15.5 Å². The van der Waals surface area contributed by atoms with Gasteiger partial charge in [-0.25, -0.2) is 0 Å². The van der Waals surface area contributed by atoms with Crippen molar-refractivity contribution in [2.45, 2.75) is 83.7 Å². The smallest absolute Gasteiger partial charge is 0.224 e. The molecule has 6 heteroatoms. The molecule has 0 bridgehead atoms. The molecule has 0 saturated carbocycles. The zero-order chi connectivity index (χ0) is 25.7. The number of likely N-dealkylation sites (tertiary alicyclic amines) is 1. The highest BCUT2D eigenvalue weighted by Gasteiger charge is 2.43. The van der Waals surface area contributed by atoms with Crippen molar-refractivity contribution in [1.29, 1.82) is 0 Å². The molecule has 0 aliphatic carbocycles. The number of aliphatic hydroxyl groups excluding tert-OH is 1. The normalized spacial score (nSPS) is 23.3. The zero-order valence-electron chi connectivity index (χ0n) is 22.3. The summed E-state index contributed by atoms with van der Waals surface area (Å²) in [5, 5.41) is 18.0. The Bertz CT molecular complexity index is 1010. The Morgan fingerprint density at radius 2 is 1.89 bits per heavy atom. The predicted molar refractivity (Wildman–Crippen MR) is 144 cm³/mol. The number of benzene rings is 2. The maximum absolute atomic E-state index is 12.9. The van der Waals surface area contributed by atoms with E-state index in [0.29, 0.717) is 12.3 Å². The van der Waals surface area contributed by atoms with E-state index in [4.69, 9.17) is 4.74 Å². The van der Waals surface area contributed by atoms with Crippen LogP contribution in [0.2, 0.25) is 0 Å². The van der Waals surface area contributed by atoms with Gasteiger partial charge in [-0.3, -0.25) is 9.69 Å². The van der Waals surface area contributed by atoms with Crippen molar-refractivity contribution < 1.29 is 14.6 Å². The van der Waals surface area contributed by atoms with Crippen molar-refractivity contribution >= 4 is 5.91 Å². The molecular formula is C30H43N3O3. The highest BCUT2D eigenvalue weighted by atomic mass is 16.5. The molecule has 1 saturated heterocycles. The van der Waals surface area contributed by atoms with Crippen molar-refractivity contribution in [3.63, 3.8) is 0 Å². The van der Waals surface area contributed by atoms with Gasteiger partial charge in [-0.2, -0.15) is 0 Å². The van der Waals surface area contributed by atoms with E-state index in [9.17, 15) is 9.90 Å². The first-order valence-electron chi connectivity index (χ1n) is 13.6. The van der Waals surface area contributed by atoms with E-state index < -0.39 is 11.7 Å². The Balaban J connectivity index is 1.38. The van der Waals surface area contributed by atoms with Crippen LogP contribution in [-0.4, -0.2) is 53.3 Å². The van der Waals surface area contributed by atoms with Gasteiger partial charge in [-0.15, -0.1) is 0 Å². The molecule has 3 atom stereocenters. The summed E-state index contributed by atoms with van der Waals surface area (Å²) < 4.78 is 6.15. The van der Waals surface area contributed by atoms with E-state index in [0.717, 1.165) is 62.3 Å². The SMILES string of the molecule is CCC(CC)CN[C@@H]1c2cc(CC(=O)N[C@@H]3CCN(Cc4ccccc4)C3)ccc2OC(C)(C)[C@H]1O. The summed E-state index contributed by atoms with van der Waals surface area (Å²) in [6, 6.07) is 16.4. The molecule has 6 nitrogen and oxygen atoms in total. The van der Waals surface area contributed by atoms with Gasteiger partial charge >= 0.3 is 0 Å². The van der Waals surface area contributed by atoms with Crippen molar-refractivity contribution in [2.24, 2.45) is 5.92 Å². The lowest BCUT2D eigenvalue weighted by Gasteiger charge is -2.43. The average Bonchev–Trinajstić information content (AvgIpc) is 3.29. The van der Waals surface area contributed by atoms with E-state index in [-0.39, 0.29) is 18.0 Å². The molecule has 36 heavy (non-hydrogen) atoms. The lowest BCUT2D eigenvalue weighted by molar-refractivity contribution is -0.121. The summed E-state index contributed by atoms with van der Waals surface area (Å²) in [6.07, 6.45) is 2.81. The number of rotatable bonds is 10. The third-order valence-corrected chi connectivity index (χ3v) is 7.84. The number of amides is 1. The molecule has 1 amide bonds. The second-order valence-electron chi connectivity index (χ2n) is 11.0. The van der Waals surface area contributed by atoms with Crippen LogP contribution in [0.3, 0.4) is 0 Å². The fourth-order valence-electron chi connectivity index (χ4n) is 5.45. The largest absolute Gasteiger partial charge is 0.485 e. The van der Waals surface area contributed by atoms with Crippen LogP contribution < -0.4 is 15.4 Å². The topological polar surface area (TPSA) is 73.8 Å². The molecule has 2 aliphatic rings. The standard InChI is InChI=1S/C30H43N3O3/c1-5-21(6-2)18-31-28-25-16-23(12-13-26(25)36-30(3,4)29(28)35)17-27(34)32-24-14-15-33(20-24)19-22-10-8-7-9-11-22/h7-13,16,21,24,28-29,31,35H,5-6,14-15,17-20H2,1-4H3,(H,32,34)/t24-,28-,29+/m1/s1. The van der Waals surface area contributed by atoms with Crippen LogP contribution >= 0.6 is 0 Å². The second kappa shape index (κ2) is 11.8. The fraction of sp³-hybridized carbons (Fsp3) is 0.567. The monoisotopic (exact) mass is 493 g/mol. The summed E-state index contributed by atoms with van der Waals surface area (Å²) in [4.78, 5) is 15.3. The van der Waals surface area contributed by atoms with E-state index in [1.807, 2.05) is 38.1 Å². The lowest BCUT2D eigenvalue weighted by atomic mass is 9.85. The Labute approximate surface area is 216 Å². The highest BCUT2D eigenvalue weighted by molar-refractivity contribution is 5.79. The lowest BCUT2D eigenvalue weighted by Crippen LogP contribution is -2.53. The van der Waals surface area contributed by atoms with Gasteiger partial charge in [0.25, 0.3) is 0 Å². The van der Waals surface area contributed by atoms with E-state index in [1.54, 1.807) is 0 Å². The Morgan fingerprint density at radius 3 is 2.61 bits per heavy atom. The van der Waals surface area contributed by atoms with Crippen LogP contribution in [0, 0.1) is 5.92 Å². The van der Waals surface area contributed by atoms with Crippen molar-refractivity contribution in [2.75, 3.05) is 19.6 Å². The Morgan fingerprint density at radius 1 is 1.14 bits per heavy atom. The van der Waals surface area contributed by atoms with Crippen LogP contribution in [0.15, 0.2) is 48.5 Å². The average molecular weight is 494 g/mol. The van der Waals surface area contributed by atoms with Crippen molar-refractivity contribution in [3.05, 3.63) is 65.2 Å². The van der Waals surface area contributed by atoms with Crippen LogP contribution in [0.25, 0.3) is 0 Å². The molecular weight excluding hydrogens is 450 g/mol. The van der Waals surface area contributed by atoms with Crippen LogP contribution in [0.5, 0.6) is 5.75 Å². The minimum atomic E-state index is -0.689. The molecule has 4 rings (SSSR count). The minimum absolute atomic E-state index is 0.0423. The van der Waals surface area contributed by atoms with E-state index in [1.165, 1.54) is 5.56 Å². The number of aliphatic hydroxyl groups is 1. The number of nitrogens with zero attached hydrogens (tertiary/aromatic N) is 1. The molecule has 3 N–H and O–H groups in total. The first-order valence-corrected chi connectivity index (χ1v) is 13.6. The summed E-state index contributed by atoms with van der Waals surface area (Å²) in [7, 11) is 0. The molecule has 2 heterocycles. The molecule has 2 aromatic rings. The number of hydrogen-bond acceptors (Lipinski definition) is 5. The van der Waals surface area contributed by atoms with Crippen molar-refractivity contribution in [3.8, 4) is 5.75 Å². The maximum Gasteiger partial charge on any atom is 0.224 e. The predicted octanol–water partition coefficient (Wildman–Crippen LogP) is 4.22. The molecule has 0 unspecified atom stereocenters. The van der Waals surface area contributed by atoms with Gasteiger partial charge in [0.15, 0.2) is 0 Å². The molecule has 0 radical (unpaired) electrons. The summed E-state index contributed by atoms with van der Waals surface area (Å²) in [5.74, 6) is 1.39. The first-order chi connectivity index (χ1) is 17.3. The second-order valence-corrected chi connectivity index (χ2v) is 11.0.